The Bertz CT molecular complexity index is 652. The summed E-state index contributed by atoms with van der Waals surface area (Å²) >= 11 is 0. The number of anilines is 2. The van der Waals surface area contributed by atoms with Gasteiger partial charge in [-0.05, 0) is 55.4 Å². The highest BCUT2D eigenvalue weighted by atomic mass is 16.3. The van der Waals surface area contributed by atoms with Crippen molar-refractivity contribution < 1.29 is 5.11 Å². The Labute approximate surface area is 137 Å². The van der Waals surface area contributed by atoms with Crippen molar-refractivity contribution >= 4 is 11.4 Å². The predicted octanol–water partition coefficient (Wildman–Crippen LogP) is 3.16. The molecule has 1 fully saturated rings. The third-order valence-electron chi connectivity index (χ3n) is 5.37. The van der Waals surface area contributed by atoms with Gasteiger partial charge in [-0.3, -0.25) is 0 Å². The number of hydrogen-bond acceptors (Lipinski definition) is 3. The molecule has 2 aromatic carbocycles. The molecule has 3 heteroatoms. The van der Waals surface area contributed by atoms with E-state index in [9.17, 15) is 5.11 Å². The minimum Gasteiger partial charge on any atom is -0.389 e. The summed E-state index contributed by atoms with van der Waals surface area (Å²) in [5.41, 5.74) is 11.4. The van der Waals surface area contributed by atoms with E-state index >= 15 is 0 Å². The lowest BCUT2D eigenvalue weighted by atomic mass is 9.86. The van der Waals surface area contributed by atoms with Gasteiger partial charge in [0.05, 0.1) is 12.1 Å². The second kappa shape index (κ2) is 5.99. The van der Waals surface area contributed by atoms with Crippen molar-refractivity contribution in [2.75, 3.05) is 4.90 Å². The Hall–Kier alpha value is -1.84. The van der Waals surface area contributed by atoms with E-state index in [1.54, 1.807) is 0 Å². The molecule has 3 N–H and O–H groups in total. The topological polar surface area (TPSA) is 49.5 Å². The summed E-state index contributed by atoms with van der Waals surface area (Å²) in [7, 11) is 0. The number of aliphatic hydroxyl groups excluding tert-OH is 1. The van der Waals surface area contributed by atoms with Crippen molar-refractivity contribution in [1.82, 2.24) is 0 Å². The summed E-state index contributed by atoms with van der Waals surface area (Å²) in [4.78, 5) is 2.36. The number of para-hydroxylation sites is 2. The zero-order chi connectivity index (χ0) is 15.8. The fourth-order valence-corrected chi connectivity index (χ4v) is 4.14. The van der Waals surface area contributed by atoms with Gasteiger partial charge in [-0.25, -0.2) is 0 Å². The molecule has 4 rings (SSSR count). The van der Waals surface area contributed by atoms with Crippen LogP contribution in [0, 0.1) is 0 Å². The predicted molar refractivity (Wildman–Crippen MR) is 94.1 cm³/mol. The summed E-state index contributed by atoms with van der Waals surface area (Å²) in [5.74, 6) is 0. The third kappa shape index (κ3) is 2.54. The smallest absolute Gasteiger partial charge is 0.0897 e. The summed E-state index contributed by atoms with van der Waals surface area (Å²) < 4.78 is 0. The molecule has 1 heterocycles. The van der Waals surface area contributed by atoms with E-state index in [4.69, 9.17) is 5.73 Å². The van der Waals surface area contributed by atoms with Crippen LogP contribution < -0.4 is 10.6 Å². The number of aryl methyl sites for hydroxylation is 2. The molecule has 3 atom stereocenters. The van der Waals surface area contributed by atoms with Gasteiger partial charge < -0.3 is 15.7 Å². The molecule has 1 aliphatic heterocycles. The minimum atomic E-state index is -0.483. The number of fused-ring (bicyclic) bond motifs is 2. The molecule has 0 spiro atoms. The van der Waals surface area contributed by atoms with E-state index in [1.807, 2.05) is 0 Å². The third-order valence-corrected chi connectivity index (χ3v) is 5.37. The van der Waals surface area contributed by atoms with Gasteiger partial charge in [0, 0.05) is 17.4 Å². The number of rotatable bonds is 1. The molecule has 3 nitrogen and oxygen atoms in total. The minimum absolute atomic E-state index is 0.0548. The Morgan fingerprint density at radius 3 is 2.04 bits per heavy atom. The lowest BCUT2D eigenvalue weighted by Gasteiger charge is -2.42. The van der Waals surface area contributed by atoms with Crippen LogP contribution in [0.1, 0.15) is 30.4 Å². The van der Waals surface area contributed by atoms with Gasteiger partial charge in [0.15, 0.2) is 0 Å². The number of aliphatic hydroxyl groups is 1. The number of benzene rings is 2. The maximum atomic E-state index is 10.8. The molecule has 0 amide bonds. The van der Waals surface area contributed by atoms with Crippen molar-refractivity contribution in [1.29, 1.82) is 0 Å². The van der Waals surface area contributed by atoms with Crippen LogP contribution in [0.4, 0.5) is 11.4 Å². The molecule has 0 unspecified atom stereocenters. The number of nitrogens with zero attached hydrogens (tertiary/aromatic N) is 1. The van der Waals surface area contributed by atoms with Gasteiger partial charge in [0.1, 0.15) is 0 Å². The highest BCUT2D eigenvalue weighted by Gasteiger charge is 2.36. The van der Waals surface area contributed by atoms with Crippen LogP contribution in [-0.2, 0) is 12.8 Å². The van der Waals surface area contributed by atoms with Crippen molar-refractivity contribution in [2.45, 2.75) is 50.3 Å². The van der Waals surface area contributed by atoms with Gasteiger partial charge in [-0.2, -0.15) is 0 Å². The first-order valence-corrected chi connectivity index (χ1v) is 8.64. The highest BCUT2D eigenvalue weighted by Crippen LogP contribution is 2.40. The van der Waals surface area contributed by atoms with E-state index in [0.717, 1.165) is 32.1 Å². The van der Waals surface area contributed by atoms with E-state index in [0.29, 0.717) is 0 Å². The molecule has 0 aromatic heterocycles. The monoisotopic (exact) mass is 308 g/mol. The zero-order valence-electron chi connectivity index (χ0n) is 13.4. The van der Waals surface area contributed by atoms with Crippen molar-refractivity contribution in [3.63, 3.8) is 0 Å². The lowest BCUT2D eigenvalue weighted by Crippen LogP contribution is -2.53. The van der Waals surface area contributed by atoms with E-state index in [1.165, 1.54) is 22.5 Å². The standard InChI is InChI=1S/C20H24N2O/c21-16-8-5-11-19(20(16)23)22-17-9-3-1-6-14(17)12-13-15-7-2-4-10-18(15)22/h1-4,6-7,9-10,16,19-20,23H,5,8,11-13,21H2/t16-,19+,20+/m0/s1. The molecule has 1 saturated carbocycles. The fraction of sp³-hybridized carbons (Fsp3) is 0.400. The van der Waals surface area contributed by atoms with Gasteiger partial charge in [-0.1, -0.05) is 36.4 Å². The second-order valence-corrected chi connectivity index (χ2v) is 6.78. The van der Waals surface area contributed by atoms with E-state index in [2.05, 4.69) is 53.4 Å². The number of nitrogens with two attached hydrogens (primary N) is 1. The summed E-state index contributed by atoms with van der Waals surface area (Å²) in [6.45, 7) is 0. The highest BCUT2D eigenvalue weighted by molar-refractivity contribution is 5.72. The average molecular weight is 308 g/mol. The molecule has 0 radical (unpaired) electrons. The zero-order valence-corrected chi connectivity index (χ0v) is 13.4. The first-order valence-electron chi connectivity index (χ1n) is 8.64. The van der Waals surface area contributed by atoms with Crippen LogP contribution in [0.25, 0.3) is 0 Å². The van der Waals surface area contributed by atoms with E-state index < -0.39 is 6.10 Å². The van der Waals surface area contributed by atoms with Gasteiger partial charge in [0.25, 0.3) is 0 Å². The molecular formula is C20H24N2O. The molecular weight excluding hydrogens is 284 g/mol. The second-order valence-electron chi connectivity index (χ2n) is 6.78. The van der Waals surface area contributed by atoms with Crippen molar-refractivity contribution in [3.05, 3.63) is 59.7 Å². The largest absolute Gasteiger partial charge is 0.389 e. The summed E-state index contributed by atoms with van der Waals surface area (Å²) in [5, 5.41) is 10.8. The first-order chi connectivity index (χ1) is 11.3. The summed E-state index contributed by atoms with van der Waals surface area (Å²) in [6.07, 6.45) is 4.57. The molecule has 2 aliphatic rings. The Morgan fingerprint density at radius 1 is 0.870 bits per heavy atom. The lowest BCUT2D eigenvalue weighted by molar-refractivity contribution is 0.0878. The van der Waals surface area contributed by atoms with Gasteiger partial charge >= 0.3 is 0 Å². The molecule has 0 saturated heterocycles. The molecule has 120 valence electrons. The molecule has 1 aliphatic carbocycles. The Morgan fingerprint density at radius 2 is 1.43 bits per heavy atom. The van der Waals surface area contributed by atoms with Crippen LogP contribution in [0.3, 0.4) is 0 Å². The summed E-state index contributed by atoms with van der Waals surface area (Å²) in [6, 6.07) is 17.1. The van der Waals surface area contributed by atoms with Crippen molar-refractivity contribution in [3.8, 4) is 0 Å². The average Bonchev–Trinajstić information content (AvgIpc) is 2.75. The fourth-order valence-electron chi connectivity index (χ4n) is 4.14. The quantitative estimate of drug-likeness (QED) is 0.851. The maximum Gasteiger partial charge on any atom is 0.0897 e. The Balaban J connectivity index is 1.86. The molecule has 2 aromatic rings. The normalized spacial score (nSPS) is 27.0. The van der Waals surface area contributed by atoms with Crippen LogP contribution in [0.5, 0.6) is 0 Å². The molecule has 23 heavy (non-hydrogen) atoms. The van der Waals surface area contributed by atoms with Gasteiger partial charge in [-0.15, -0.1) is 0 Å². The number of hydrogen-bond donors (Lipinski definition) is 2. The van der Waals surface area contributed by atoms with Crippen LogP contribution >= 0.6 is 0 Å². The van der Waals surface area contributed by atoms with Crippen LogP contribution in [-0.4, -0.2) is 23.3 Å². The van der Waals surface area contributed by atoms with Crippen LogP contribution in [0.15, 0.2) is 48.5 Å². The Kier molecular flexibility index (Phi) is 3.83. The van der Waals surface area contributed by atoms with E-state index in [-0.39, 0.29) is 12.1 Å². The van der Waals surface area contributed by atoms with Gasteiger partial charge in [0.2, 0.25) is 0 Å². The maximum absolute atomic E-state index is 10.8. The SMILES string of the molecule is N[C@H]1CCC[C@@H](N2c3ccccc3CCc3ccccc32)[C@@H]1O. The van der Waals surface area contributed by atoms with Crippen LogP contribution in [0.2, 0.25) is 0 Å². The first kappa shape index (κ1) is 14.7. The molecule has 0 bridgehead atoms. The van der Waals surface area contributed by atoms with Crippen molar-refractivity contribution in [2.24, 2.45) is 5.73 Å².